The highest BCUT2D eigenvalue weighted by Gasteiger charge is 2.16. The first-order valence-corrected chi connectivity index (χ1v) is 10.5. The minimum atomic E-state index is -0.348. The standard InChI is InChI=1S/C23H26N2O4S/c1-15-14-19(25-21(26)18-6-5-12-29-18)30-20(15)22(27)24-11-13-28-17-9-7-16(8-10-17)23(2,3)4/h5-10,12,14H,11,13H2,1-4H3,(H,24,27)(H,25,26). The maximum atomic E-state index is 12.5. The summed E-state index contributed by atoms with van der Waals surface area (Å²) in [5.41, 5.74) is 2.14. The molecule has 2 N–H and O–H groups in total. The molecule has 0 saturated heterocycles. The molecule has 2 heterocycles. The number of amides is 2. The molecule has 0 radical (unpaired) electrons. The molecule has 7 heteroatoms. The van der Waals surface area contributed by atoms with E-state index in [1.54, 1.807) is 18.2 Å². The molecule has 158 valence electrons. The minimum Gasteiger partial charge on any atom is -0.492 e. The third-order valence-electron chi connectivity index (χ3n) is 4.48. The number of hydrogen-bond donors (Lipinski definition) is 2. The van der Waals surface area contributed by atoms with Gasteiger partial charge in [-0.1, -0.05) is 32.9 Å². The number of anilines is 1. The molecular weight excluding hydrogens is 400 g/mol. The van der Waals surface area contributed by atoms with Crippen LogP contribution in [0.25, 0.3) is 0 Å². The van der Waals surface area contributed by atoms with E-state index in [0.717, 1.165) is 11.3 Å². The van der Waals surface area contributed by atoms with Crippen molar-refractivity contribution in [1.82, 2.24) is 5.32 Å². The number of rotatable bonds is 7. The molecule has 30 heavy (non-hydrogen) atoms. The van der Waals surface area contributed by atoms with Crippen molar-refractivity contribution in [2.75, 3.05) is 18.5 Å². The van der Waals surface area contributed by atoms with Gasteiger partial charge < -0.3 is 19.8 Å². The molecule has 2 amide bonds. The van der Waals surface area contributed by atoms with Gasteiger partial charge in [-0.05, 0) is 53.8 Å². The molecule has 0 aliphatic heterocycles. The number of carbonyl (C=O) groups excluding carboxylic acids is 2. The highest BCUT2D eigenvalue weighted by molar-refractivity contribution is 7.18. The van der Waals surface area contributed by atoms with Gasteiger partial charge in [0.15, 0.2) is 5.76 Å². The van der Waals surface area contributed by atoms with Crippen molar-refractivity contribution in [3.05, 3.63) is 70.5 Å². The minimum absolute atomic E-state index is 0.0986. The molecule has 3 aromatic rings. The van der Waals surface area contributed by atoms with E-state index in [4.69, 9.17) is 9.15 Å². The Balaban J connectivity index is 1.48. The van der Waals surface area contributed by atoms with Crippen LogP contribution in [0, 0.1) is 6.92 Å². The smallest absolute Gasteiger partial charge is 0.291 e. The number of carbonyl (C=O) groups is 2. The normalized spacial score (nSPS) is 11.2. The Hall–Kier alpha value is -3.06. The molecule has 0 spiro atoms. The summed E-state index contributed by atoms with van der Waals surface area (Å²) in [5.74, 6) is 0.453. The predicted molar refractivity (Wildman–Crippen MR) is 119 cm³/mol. The van der Waals surface area contributed by atoms with Crippen LogP contribution in [-0.4, -0.2) is 25.0 Å². The van der Waals surface area contributed by atoms with Gasteiger partial charge in [0.05, 0.1) is 22.7 Å². The fourth-order valence-electron chi connectivity index (χ4n) is 2.82. The number of nitrogens with one attached hydrogen (secondary N) is 2. The monoisotopic (exact) mass is 426 g/mol. The van der Waals surface area contributed by atoms with E-state index < -0.39 is 0 Å². The van der Waals surface area contributed by atoms with E-state index in [1.807, 2.05) is 19.1 Å². The van der Waals surface area contributed by atoms with Gasteiger partial charge in [0.1, 0.15) is 12.4 Å². The number of benzene rings is 1. The molecule has 0 aliphatic carbocycles. The van der Waals surface area contributed by atoms with Gasteiger partial charge in [-0.3, -0.25) is 9.59 Å². The summed E-state index contributed by atoms with van der Waals surface area (Å²) in [5, 5.41) is 6.19. The zero-order valence-electron chi connectivity index (χ0n) is 17.6. The maximum absolute atomic E-state index is 12.5. The molecule has 0 aliphatic rings. The van der Waals surface area contributed by atoms with Gasteiger partial charge in [0.25, 0.3) is 11.8 Å². The Kier molecular flexibility index (Phi) is 6.62. The Labute approximate surface area is 180 Å². The van der Waals surface area contributed by atoms with Crippen LogP contribution < -0.4 is 15.4 Å². The van der Waals surface area contributed by atoms with Gasteiger partial charge in [0, 0.05) is 0 Å². The first-order chi connectivity index (χ1) is 14.2. The lowest BCUT2D eigenvalue weighted by molar-refractivity contribution is 0.0949. The van der Waals surface area contributed by atoms with Crippen LogP contribution in [0.4, 0.5) is 5.00 Å². The second-order valence-electron chi connectivity index (χ2n) is 7.93. The first kappa shape index (κ1) is 21.6. The zero-order valence-corrected chi connectivity index (χ0v) is 18.4. The summed E-state index contributed by atoms with van der Waals surface area (Å²) in [6, 6.07) is 13.0. The highest BCUT2D eigenvalue weighted by Crippen LogP contribution is 2.27. The van der Waals surface area contributed by atoms with Crippen molar-refractivity contribution in [1.29, 1.82) is 0 Å². The largest absolute Gasteiger partial charge is 0.492 e. The number of thiophene rings is 1. The fourth-order valence-corrected chi connectivity index (χ4v) is 3.80. The van der Waals surface area contributed by atoms with Crippen LogP contribution in [0.2, 0.25) is 0 Å². The van der Waals surface area contributed by atoms with E-state index in [2.05, 4.69) is 43.5 Å². The molecule has 0 fully saturated rings. The van der Waals surface area contributed by atoms with Crippen LogP contribution in [0.5, 0.6) is 5.75 Å². The third-order valence-corrected chi connectivity index (χ3v) is 5.63. The molecule has 0 saturated carbocycles. The molecule has 2 aromatic heterocycles. The van der Waals surface area contributed by atoms with Gasteiger partial charge in [-0.2, -0.15) is 0 Å². The Bertz CT molecular complexity index is 999. The lowest BCUT2D eigenvalue weighted by atomic mass is 9.87. The summed E-state index contributed by atoms with van der Waals surface area (Å²) in [6.45, 7) is 9.08. The molecular formula is C23H26N2O4S. The zero-order chi connectivity index (χ0) is 21.7. The molecule has 1 aromatic carbocycles. The van der Waals surface area contributed by atoms with Crippen LogP contribution >= 0.6 is 11.3 Å². The van der Waals surface area contributed by atoms with Crippen molar-refractivity contribution in [3.63, 3.8) is 0 Å². The summed E-state index contributed by atoms with van der Waals surface area (Å²) in [4.78, 5) is 25.1. The fraction of sp³-hybridized carbons (Fsp3) is 0.304. The van der Waals surface area contributed by atoms with Crippen LogP contribution in [0.15, 0.2) is 53.1 Å². The lowest BCUT2D eigenvalue weighted by Crippen LogP contribution is -2.27. The van der Waals surface area contributed by atoms with E-state index in [-0.39, 0.29) is 23.0 Å². The van der Waals surface area contributed by atoms with Crippen molar-refractivity contribution in [2.45, 2.75) is 33.1 Å². The summed E-state index contributed by atoms with van der Waals surface area (Å²) in [6.07, 6.45) is 1.44. The third kappa shape index (κ3) is 5.51. The molecule has 3 rings (SSSR count). The van der Waals surface area contributed by atoms with E-state index in [1.165, 1.54) is 23.2 Å². The summed E-state index contributed by atoms with van der Waals surface area (Å²) in [7, 11) is 0. The van der Waals surface area contributed by atoms with Gasteiger partial charge in [-0.25, -0.2) is 0 Å². The van der Waals surface area contributed by atoms with Crippen LogP contribution in [0.1, 0.15) is 52.1 Å². The predicted octanol–water partition coefficient (Wildman–Crippen LogP) is 5.01. The van der Waals surface area contributed by atoms with Crippen molar-refractivity contribution >= 4 is 28.2 Å². The van der Waals surface area contributed by atoms with Gasteiger partial charge in [0.2, 0.25) is 0 Å². The Morgan fingerprint density at radius 3 is 2.47 bits per heavy atom. The average molecular weight is 427 g/mol. The van der Waals surface area contributed by atoms with Gasteiger partial charge in [-0.15, -0.1) is 11.3 Å². The van der Waals surface area contributed by atoms with Crippen LogP contribution in [-0.2, 0) is 5.41 Å². The SMILES string of the molecule is Cc1cc(NC(=O)c2ccco2)sc1C(=O)NCCOc1ccc(C(C)(C)C)cc1. The quantitative estimate of drug-likeness (QED) is 0.521. The second kappa shape index (κ2) is 9.17. The van der Waals surface area contributed by atoms with E-state index >= 15 is 0 Å². The number of hydrogen-bond acceptors (Lipinski definition) is 5. The van der Waals surface area contributed by atoms with E-state index in [9.17, 15) is 9.59 Å². The second-order valence-corrected chi connectivity index (χ2v) is 8.99. The Morgan fingerprint density at radius 2 is 1.83 bits per heavy atom. The number of aryl methyl sites for hydroxylation is 1. The van der Waals surface area contributed by atoms with Crippen molar-refractivity contribution in [2.24, 2.45) is 0 Å². The van der Waals surface area contributed by atoms with Gasteiger partial charge >= 0.3 is 0 Å². The average Bonchev–Trinajstić information content (AvgIpc) is 3.35. The number of furan rings is 1. The molecule has 0 atom stereocenters. The van der Waals surface area contributed by atoms with Crippen molar-refractivity contribution < 1.29 is 18.7 Å². The molecule has 6 nitrogen and oxygen atoms in total. The summed E-state index contributed by atoms with van der Waals surface area (Å²) < 4.78 is 10.8. The van der Waals surface area contributed by atoms with E-state index in [0.29, 0.717) is 23.0 Å². The topological polar surface area (TPSA) is 80.6 Å². The first-order valence-electron chi connectivity index (χ1n) is 9.71. The molecule has 0 unspecified atom stereocenters. The van der Waals surface area contributed by atoms with Crippen LogP contribution in [0.3, 0.4) is 0 Å². The maximum Gasteiger partial charge on any atom is 0.291 e. The van der Waals surface area contributed by atoms with Crippen molar-refractivity contribution in [3.8, 4) is 5.75 Å². The number of ether oxygens (including phenoxy) is 1. The highest BCUT2D eigenvalue weighted by atomic mass is 32.1. The molecule has 0 bridgehead atoms. The summed E-state index contributed by atoms with van der Waals surface area (Å²) >= 11 is 1.23. The Morgan fingerprint density at radius 1 is 1.10 bits per heavy atom. The lowest BCUT2D eigenvalue weighted by Gasteiger charge is -2.19.